The molecule has 0 saturated carbocycles. The Morgan fingerprint density at radius 1 is 1.35 bits per heavy atom. The second kappa shape index (κ2) is 7.22. The Bertz CT molecular complexity index is 342. The number of Topliss-reactive ketones (excluding diaryl/α,β-unsaturated/α-hetero) is 1. The minimum atomic E-state index is 0.345. The van der Waals surface area contributed by atoms with Crippen LogP contribution in [0.3, 0.4) is 0 Å². The first-order chi connectivity index (χ1) is 8.17. The summed E-state index contributed by atoms with van der Waals surface area (Å²) in [6, 6.07) is 1.97. The molecule has 0 bridgehead atoms. The molecule has 0 radical (unpaired) electrons. The van der Waals surface area contributed by atoms with E-state index in [1.807, 2.05) is 17.8 Å². The van der Waals surface area contributed by atoms with Crippen molar-refractivity contribution in [1.29, 1.82) is 0 Å². The molecule has 0 fully saturated rings. The van der Waals surface area contributed by atoms with Gasteiger partial charge in [-0.2, -0.15) is 5.10 Å². The van der Waals surface area contributed by atoms with E-state index >= 15 is 0 Å². The highest BCUT2D eigenvalue weighted by Gasteiger charge is 2.07. The number of aryl methyl sites for hydroxylation is 2. The molecule has 0 unspecified atom stereocenters. The predicted molar refractivity (Wildman–Crippen MR) is 68.9 cm³/mol. The highest BCUT2D eigenvalue weighted by molar-refractivity contribution is 5.78. The van der Waals surface area contributed by atoms with Crippen LogP contribution in [-0.4, -0.2) is 40.1 Å². The second-order valence-corrected chi connectivity index (χ2v) is 4.26. The van der Waals surface area contributed by atoms with E-state index in [1.54, 1.807) is 6.20 Å². The Morgan fingerprint density at radius 3 is 2.59 bits per heavy atom. The molecule has 1 heterocycles. The Labute approximate surface area is 104 Å². The van der Waals surface area contributed by atoms with E-state index in [0.29, 0.717) is 18.6 Å². The topological polar surface area (TPSA) is 38.1 Å². The van der Waals surface area contributed by atoms with Crippen LogP contribution in [0.25, 0.3) is 0 Å². The van der Waals surface area contributed by atoms with Gasteiger partial charge in [0, 0.05) is 38.3 Å². The zero-order valence-corrected chi connectivity index (χ0v) is 11.1. The van der Waals surface area contributed by atoms with E-state index < -0.39 is 0 Å². The minimum absolute atomic E-state index is 0.345. The Morgan fingerprint density at radius 2 is 2.06 bits per heavy atom. The van der Waals surface area contributed by atoms with Crippen LogP contribution in [0, 0.1) is 0 Å². The first kappa shape index (κ1) is 13.9. The summed E-state index contributed by atoms with van der Waals surface area (Å²) in [6.07, 6.45) is 3.86. The highest BCUT2D eigenvalue weighted by atomic mass is 16.1. The highest BCUT2D eigenvalue weighted by Crippen LogP contribution is 2.03. The molecule has 1 rings (SSSR count). The zero-order valence-electron chi connectivity index (χ0n) is 11.1. The maximum Gasteiger partial charge on any atom is 0.134 e. The third-order valence-corrected chi connectivity index (χ3v) is 3.18. The largest absolute Gasteiger partial charge is 0.303 e. The number of carbonyl (C=O) groups excluding carboxylic acids is 1. The van der Waals surface area contributed by atoms with Gasteiger partial charge in [-0.3, -0.25) is 9.48 Å². The molecule has 0 aliphatic carbocycles. The van der Waals surface area contributed by atoms with E-state index in [-0.39, 0.29) is 0 Å². The van der Waals surface area contributed by atoms with Gasteiger partial charge in [-0.1, -0.05) is 13.8 Å². The fraction of sp³-hybridized carbons (Fsp3) is 0.692. The van der Waals surface area contributed by atoms with Gasteiger partial charge in [0.25, 0.3) is 0 Å². The van der Waals surface area contributed by atoms with Gasteiger partial charge in [-0.05, 0) is 25.6 Å². The van der Waals surface area contributed by atoms with Crippen LogP contribution in [0.4, 0.5) is 0 Å². The first-order valence-electron chi connectivity index (χ1n) is 6.38. The van der Waals surface area contributed by atoms with Gasteiger partial charge >= 0.3 is 0 Å². The lowest BCUT2D eigenvalue weighted by molar-refractivity contribution is -0.119. The molecule has 0 atom stereocenters. The summed E-state index contributed by atoms with van der Waals surface area (Å²) in [4.78, 5) is 14.0. The molecule has 0 aliphatic rings. The molecule has 4 nitrogen and oxygen atoms in total. The quantitative estimate of drug-likeness (QED) is 0.690. The maximum atomic E-state index is 11.7. The molecule has 0 spiro atoms. The van der Waals surface area contributed by atoms with Gasteiger partial charge in [0.05, 0.1) is 0 Å². The van der Waals surface area contributed by atoms with Crippen molar-refractivity contribution < 1.29 is 4.79 Å². The summed E-state index contributed by atoms with van der Waals surface area (Å²) in [5, 5.41) is 4.09. The molecule has 0 N–H and O–H groups in total. The van der Waals surface area contributed by atoms with Crippen molar-refractivity contribution in [2.45, 2.75) is 33.1 Å². The number of aromatic nitrogens is 2. The lowest BCUT2D eigenvalue weighted by Crippen LogP contribution is -2.25. The van der Waals surface area contributed by atoms with Gasteiger partial charge < -0.3 is 4.90 Å². The molecular formula is C13H23N3O. The molecule has 0 amide bonds. The summed E-state index contributed by atoms with van der Waals surface area (Å²) in [7, 11) is 1.91. The Hall–Kier alpha value is -1.16. The van der Waals surface area contributed by atoms with Crippen LogP contribution >= 0.6 is 0 Å². The molecule has 0 aromatic carbocycles. The van der Waals surface area contributed by atoms with Gasteiger partial charge in [0.1, 0.15) is 5.78 Å². The zero-order chi connectivity index (χ0) is 12.7. The number of hydrogen-bond donors (Lipinski definition) is 0. The molecule has 96 valence electrons. The number of ketones is 1. The van der Waals surface area contributed by atoms with Gasteiger partial charge in [-0.25, -0.2) is 0 Å². The number of carbonyl (C=O) groups is 1. The number of rotatable bonds is 8. The van der Waals surface area contributed by atoms with E-state index in [0.717, 1.165) is 31.7 Å². The fourth-order valence-electron chi connectivity index (χ4n) is 1.86. The lowest BCUT2D eigenvalue weighted by atomic mass is 10.1. The van der Waals surface area contributed by atoms with Crippen molar-refractivity contribution in [2.24, 2.45) is 7.05 Å². The second-order valence-electron chi connectivity index (χ2n) is 4.26. The summed E-state index contributed by atoms with van der Waals surface area (Å²) in [5.41, 5.74) is 1.13. The van der Waals surface area contributed by atoms with E-state index in [4.69, 9.17) is 0 Å². The average Bonchev–Trinajstić information content (AvgIpc) is 2.73. The SMILES string of the molecule is CCN(CC)CCC(=O)CCc1ccnn1C. The summed E-state index contributed by atoms with van der Waals surface area (Å²) in [6.45, 7) is 7.18. The van der Waals surface area contributed by atoms with Crippen molar-refractivity contribution in [3.05, 3.63) is 18.0 Å². The third-order valence-electron chi connectivity index (χ3n) is 3.18. The van der Waals surface area contributed by atoms with E-state index in [9.17, 15) is 4.79 Å². The maximum absolute atomic E-state index is 11.7. The van der Waals surface area contributed by atoms with Crippen molar-refractivity contribution in [3.8, 4) is 0 Å². The van der Waals surface area contributed by atoms with E-state index in [2.05, 4.69) is 23.8 Å². The van der Waals surface area contributed by atoms with Crippen LogP contribution in [0.1, 0.15) is 32.4 Å². The number of nitrogens with zero attached hydrogens (tertiary/aromatic N) is 3. The van der Waals surface area contributed by atoms with E-state index in [1.165, 1.54) is 0 Å². The molecule has 1 aromatic rings. The van der Waals surface area contributed by atoms with Gasteiger partial charge in [0.2, 0.25) is 0 Å². The molecule has 1 aromatic heterocycles. The smallest absolute Gasteiger partial charge is 0.134 e. The van der Waals surface area contributed by atoms with Crippen molar-refractivity contribution in [3.63, 3.8) is 0 Å². The molecular weight excluding hydrogens is 214 g/mol. The normalized spacial score (nSPS) is 11.1. The van der Waals surface area contributed by atoms with Crippen LogP contribution in [0.5, 0.6) is 0 Å². The van der Waals surface area contributed by atoms with Gasteiger partial charge in [-0.15, -0.1) is 0 Å². The van der Waals surface area contributed by atoms with Crippen molar-refractivity contribution in [2.75, 3.05) is 19.6 Å². The summed E-state index contributed by atoms with van der Waals surface area (Å²) in [5.74, 6) is 0.345. The first-order valence-corrected chi connectivity index (χ1v) is 6.38. The third kappa shape index (κ3) is 4.69. The summed E-state index contributed by atoms with van der Waals surface area (Å²) < 4.78 is 1.83. The fourth-order valence-corrected chi connectivity index (χ4v) is 1.86. The molecule has 0 saturated heterocycles. The number of hydrogen-bond acceptors (Lipinski definition) is 3. The van der Waals surface area contributed by atoms with Crippen molar-refractivity contribution >= 4 is 5.78 Å². The predicted octanol–water partition coefficient (Wildman–Crippen LogP) is 1.65. The van der Waals surface area contributed by atoms with Crippen LogP contribution in [-0.2, 0) is 18.3 Å². The van der Waals surface area contributed by atoms with Crippen LogP contribution in [0.15, 0.2) is 12.3 Å². The molecule has 0 aliphatic heterocycles. The molecule has 17 heavy (non-hydrogen) atoms. The Balaban J connectivity index is 2.24. The average molecular weight is 237 g/mol. The van der Waals surface area contributed by atoms with Crippen molar-refractivity contribution in [1.82, 2.24) is 14.7 Å². The standard InChI is InChI=1S/C13H23N3O/c1-4-16(5-2)11-9-13(17)7-6-12-8-10-14-15(12)3/h8,10H,4-7,9,11H2,1-3H3. The minimum Gasteiger partial charge on any atom is -0.303 e. The van der Waals surface area contributed by atoms with Crippen LogP contribution in [0.2, 0.25) is 0 Å². The summed E-state index contributed by atoms with van der Waals surface area (Å²) >= 11 is 0. The van der Waals surface area contributed by atoms with Crippen LogP contribution < -0.4 is 0 Å². The Kier molecular flexibility index (Phi) is 5.91. The monoisotopic (exact) mass is 237 g/mol. The van der Waals surface area contributed by atoms with Gasteiger partial charge in [0.15, 0.2) is 0 Å². The lowest BCUT2D eigenvalue weighted by Gasteiger charge is -2.16. The molecule has 4 heteroatoms.